The molecule has 0 radical (unpaired) electrons. The Morgan fingerprint density at radius 2 is 2.12 bits per heavy atom. The summed E-state index contributed by atoms with van der Waals surface area (Å²) in [5.74, 6) is 1.48. The van der Waals surface area contributed by atoms with Gasteiger partial charge in [-0.2, -0.15) is 0 Å². The van der Waals surface area contributed by atoms with E-state index in [-0.39, 0.29) is 0 Å². The Bertz CT molecular complexity index is 497. The summed E-state index contributed by atoms with van der Waals surface area (Å²) in [7, 11) is 1.91. The average Bonchev–Trinajstić information content (AvgIpc) is 2.32. The maximum atomic E-state index is 5.79. The highest BCUT2D eigenvalue weighted by Crippen LogP contribution is 2.23. The van der Waals surface area contributed by atoms with Crippen LogP contribution in [0.3, 0.4) is 0 Å². The van der Waals surface area contributed by atoms with E-state index >= 15 is 0 Å². The van der Waals surface area contributed by atoms with E-state index < -0.39 is 0 Å². The fourth-order valence-corrected chi connectivity index (χ4v) is 1.63. The van der Waals surface area contributed by atoms with E-state index in [0.29, 0.717) is 5.88 Å². The Balaban J connectivity index is 2.23. The third kappa shape index (κ3) is 3.04. The zero-order chi connectivity index (χ0) is 12.1. The Kier molecular flexibility index (Phi) is 3.73. The molecule has 1 N–H and O–H groups in total. The van der Waals surface area contributed by atoms with E-state index in [9.17, 15) is 0 Å². The largest absolute Gasteiger partial charge is 0.439 e. The number of benzene rings is 1. The number of aryl methyl sites for hydroxylation is 1. The van der Waals surface area contributed by atoms with Gasteiger partial charge in [-0.15, -0.1) is 0 Å². The number of aromatic nitrogens is 1. The molecule has 3 heteroatoms. The molecule has 0 aliphatic carbocycles. The molecule has 0 aliphatic rings. The van der Waals surface area contributed by atoms with Gasteiger partial charge in [0.15, 0.2) is 0 Å². The van der Waals surface area contributed by atoms with Gasteiger partial charge < -0.3 is 10.1 Å². The van der Waals surface area contributed by atoms with Gasteiger partial charge in [-0.05, 0) is 37.7 Å². The minimum atomic E-state index is 0.660. The number of hydrogen-bond donors (Lipinski definition) is 1. The average molecular weight is 228 g/mol. The summed E-state index contributed by atoms with van der Waals surface area (Å²) in [5.41, 5.74) is 2.23. The lowest BCUT2D eigenvalue weighted by Gasteiger charge is -2.09. The van der Waals surface area contributed by atoms with Crippen molar-refractivity contribution in [3.8, 4) is 11.6 Å². The van der Waals surface area contributed by atoms with Crippen molar-refractivity contribution in [2.24, 2.45) is 0 Å². The van der Waals surface area contributed by atoms with Gasteiger partial charge in [0.05, 0.1) is 0 Å². The summed E-state index contributed by atoms with van der Waals surface area (Å²) in [5, 5.41) is 3.10. The number of ether oxygens (including phenoxy) is 1. The second-order valence-electron chi connectivity index (χ2n) is 3.92. The molecule has 88 valence electrons. The van der Waals surface area contributed by atoms with E-state index in [2.05, 4.69) is 10.3 Å². The fraction of sp³-hybridized carbons (Fsp3) is 0.214. The predicted molar refractivity (Wildman–Crippen MR) is 68.3 cm³/mol. The maximum Gasteiger partial charge on any atom is 0.223 e. The molecule has 0 aliphatic heterocycles. The van der Waals surface area contributed by atoms with Crippen LogP contribution in [0.5, 0.6) is 11.6 Å². The second-order valence-corrected chi connectivity index (χ2v) is 3.92. The predicted octanol–water partition coefficient (Wildman–Crippen LogP) is 2.90. The van der Waals surface area contributed by atoms with Gasteiger partial charge in [-0.25, -0.2) is 4.98 Å². The van der Waals surface area contributed by atoms with E-state index in [1.165, 1.54) is 5.56 Å². The zero-order valence-corrected chi connectivity index (χ0v) is 10.1. The molecular weight excluding hydrogens is 212 g/mol. The minimum absolute atomic E-state index is 0.660. The molecule has 0 saturated carbocycles. The van der Waals surface area contributed by atoms with Crippen molar-refractivity contribution in [1.82, 2.24) is 10.3 Å². The summed E-state index contributed by atoms with van der Waals surface area (Å²) in [6.07, 6.45) is 1.74. The summed E-state index contributed by atoms with van der Waals surface area (Å²) in [6, 6.07) is 11.9. The number of pyridine rings is 1. The first kappa shape index (κ1) is 11.6. The third-order valence-corrected chi connectivity index (χ3v) is 2.42. The summed E-state index contributed by atoms with van der Waals surface area (Å²) >= 11 is 0. The highest BCUT2D eigenvalue weighted by Gasteiger charge is 2.04. The number of rotatable bonds is 4. The molecule has 17 heavy (non-hydrogen) atoms. The molecular formula is C14H16N2O. The van der Waals surface area contributed by atoms with Gasteiger partial charge in [0.2, 0.25) is 5.88 Å². The van der Waals surface area contributed by atoms with Crippen LogP contribution in [0.15, 0.2) is 42.6 Å². The van der Waals surface area contributed by atoms with Crippen LogP contribution in [0.2, 0.25) is 0 Å². The molecule has 0 fully saturated rings. The van der Waals surface area contributed by atoms with Gasteiger partial charge in [-0.1, -0.05) is 18.2 Å². The first-order valence-corrected chi connectivity index (χ1v) is 5.62. The van der Waals surface area contributed by atoms with Gasteiger partial charge >= 0.3 is 0 Å². The van der Waals surface area contributed by atoms with E-state index in [4.69, 9.17) is 4.74 Å². The molecule has 0 amide bonds. The normalized spacial score (nSPS) is 10.2. The van der Waals surface area contributed by atoms with Crippen molar-refractivity contribution >= 4 is 0 Å². The molecule has 2 aromatic rings. The molecule has 3 nitrogen and oxygen atoms in total. The molecule has 2 rings (SSSR count). The summed E-state index contributed by atoms with van der Waals surface area (Å²) in [6.45, 7) is 2.79. The van der Waals surface area contributed by atoms with Crippen LogP contribution in [-0.2, 0) is 6.54 Å². The van der Waals surface area contributed by atoms with Crippen LogP contribution in [-0.4, -0.2) is 12.0 Å². The SMILES string of the molecule is CNCc1cccnc1Oc1cccc(C)c1. The van der Waals surface area contributed by atoms with Crippen LogP contribution in [0.1, 0.15) is 11.1 Å². The van der Waals surface area contributed by atoms with Crippen LogP contribution in [0.4, 0.5) is 0 Å². The van der Waals surface area contributed by atoms with Crippen molar-refractivity contribution in [2.75, 3.05) is 7.05 Å². The lowest BCUT2D eigenvalue weighted by molar-refractivity contribution is 0.454. The molecule has 1 aromatic heterocycles. The topological polar surface area (TPSA) is 34.2 Å². The summed E-state index contributed by atoms with van der Waals surface area (Å²) < 4.78 is 5.79. The number of nitrogens with one attached hydrogen (secondary N) is 1. The summed E-state index contributed by atoms with van der Waals surface area (Å²) in [4.78, 5) is 4.26. The van der Waals surface area contributed by atoms with Crippen molar-refractivity contribution < 1.29 is 4.74 Å². The van der Waals surface area contributed by atoms with Crippen LogP contribution >= 0.6 is 0 Å². The smallest absolute Gasteiger partial charge is 0.223 e. The molecule has 0 unspecified atom stereocenters. The first-order valence-electron chi connectivity index (χ1n) is 5.62. The van der Waals surface area contributed by atoms with Crippen molar-refractivity contribution in [3.05, 3.63) is 53.7 Å². The Hall–Kier alpha value is -1.87. The van der Waals surface area contributed by atoms with Gasteiger partial charge in [0, 0.05) is 18.3 Å². The molecule has 1 heterocycles. The van der Waals surface area contributed by atoms with Crippen molar-refractivity contribution in [1.29, 1.82) is 0 Å². The molecule has 0 bridgehead atoms. The van der Waals surface area contributed by atoms with E-state index in [0.717, 1.165) is 17.9 Å². The lowest BCUT2D eigenvalue weighted by atomic mass is 10.2. The Labute approximate surface area is 101 Å². The highest BCUT2D eigenvalue weighted by atomic mass is 16.5. The number of nitrogens with zero attached hydrogens (tertiary/aromatic N) is 1. The zero-order valence-electron chi connectivity index (χ0n) is 10.1. The van der Waals surface area contributed by atoms with E-state index in [1.54, 1.807) is 6.20 Å². The van der Waals surface area contributed by atoms with Gasteiger partial charge in [0.1, 0.15) is 5.75 Å². The quantitative estimate of drug-likeness (QED) is 0.873. The maximum absolute atomic E-state index is 5.79. The minimum Gasteiger partial charge on any atom is -0.439 e. The van der Waals surface area contributed by atoms with E-state index in [1.807, 2.05) is 50.4 Å². The van der Waals surface area contributed by atoms with Crippen LogP contribution < -0.4 is 10.1 Å². The monoisotopic (exact) mass is 228 g/mol. The lowest BCUT2D eigenvalue weighted by Crippen LogP contribution is -2.07. The number of hydrogen-bond acceptors (Lipinski definition) is 3. The molecule has 0 spiro atoms. The second kappa shape index (κ2) is 5.46. The Morgan fingerprint density at radius 3 is 2.88 bits per heavy atom. The van der Waals surface area contributed by atoms with Crippen LogP contribution in [0.25, 0.3) is 0 Å². The highest BCUT2D eigenvalue weighted by molar-refractivity contribution is 5.34. The van der Waals surface area contributed by atoms with Gasteiger partial charge in [-0.3, -0.25) is 0 Å². The Morgan fingerprint density at radius 1 is 1.24 bits per heavy atom. The van der Waals surface area contributed by atoms with Crippen molar-refractivity contribution in [3.63, 3.8) is 0 Å². The molecule has 0 atom stereocenters. The standard InChI is InChI=1S/C14H16N2O/c1-11-5-3-7-13(9-11)17-14-12(10-15-2)6-4-8-16-14/h3-9,15H,10H2,1-2H3. The van der Waals surface area contributed by atoms with Crippen molar-refractivity contribution in [2.45, 2.75) is 13.5 Å². The fourth-order valence-electron chi connectivity index (χ4n) is 1.63. The molecule has 1 aromatic carbocycles. The third-order valence-electron chi connectivity index (χ3n) is 2.42. The van der Waals surface area contributed by atoms with Gasteiger partial charge in [0.25, 0.3) is 0 Å². The first-order chi connectivity index (χ1) is 8.29. The molecule has 0 saturated heterocycles. The van der Waals surface area contributed by atoms with Crippen LogP contribution in [0, 0.1) is 6.92 Å².